The molecule has 13 rings (SSSR count). The lowest BCUT2D eigenvalue weighted by Gasteiger charge is -2.44. The van der Waals surface area contributed by atoms with E-state index in [1.165, 1.54) is 77.5 Å². The lowest BCUT2D eigenvalue weighted by molar-refractivity contribution is -0.445. The topological polar surface area (TPSA) is 383 Å². The molecule has 14 atom stereocenters. The first-order valence-corrected chi connectivity index (χ1v) is 44.7. The molecular weight excluding hydrogens is 1600 g/mol. The molecule has 3 fully saturated rings. The third-order valence-electron chi connectivity index (χ3n) is 25.1. The molecule has 10 aliphatic rings. The summed E-state index contributed by atoms with van der Waals surface area (Å²) < 4.78 is 54.8. The SMILES string of the molecule is Cc1ccc2c(c1)C(C)(C)C1=C3C=C4C=C5C6=[N+](CC[C@H]5O[C@H]4C[C@H]3CCN12)c1ccc(C(=O)NCCOCCOCCOCCOCCOCCOCCOCCOCCC(=O)CC[C@](C)(O)C[C@@H]2NC(=O)[C@@H]3CC4C(=Nc5ccccc54)SC[C@@H](NC(=O)[C@@H]([C@H](C)O)NC(=O)[C@H](C)NC2=O)C(=O)N2C[C@H](C)CC2C(=O)N[C@@H](C)C(=O)N3)cc1C6(C)C. The fourth-order valence-electron chi connectivity index (χ4n) is 18.5. The van der Waals surface area contributed by atoms with E-state index in [2.05, 4.69) is 124 Å². The fraction of sp³-hybridized carbons (Fsp3) is 0.615. The highest BCUT2D eigenvalue weighted by Gasteiger charge is 2.55. The van der Waals surface area contributed by atoms with Crippen LogP contribution in [0.3, 0.4) is 0 Å². The quantitative estimate of drug-likeness (QED) is 0.0275. The summed E-state index contributed by atoms with van der Waals surface area (Å²) in [7, 11) is 0. The van der Waals surface area contributed by atoms with Gasteiger partial charge in [-0.2, -0.15) is 4.58 Å². The zero-order chi connectivity index (χ0) is 87.4. The summed E-state index contributed by atoms with van der Waals surface area (Å²) >= 11 is 1.12. The molecule has 3 aromatic carbocycles. The molecule has 0 aromatic heterocycles. The number of amides is 8. The van der Waals surface area contributed by atoms with Gasteiger partial charge in [0.1, 0.15) is 48.1 Å². The van der Waals surface area contributed by atoms with Gasteiger partial charge in [0.2, 0.25) is 47.0 Å². The summed E-state index contributed by atoms with van der Waals surface area (Å²) in [6.45, 7) is 26.6. The highest BCUT2D eigenvalue weighted by atomic mass is 32.2. The van der Waals surface area contributed by atoms with Crippen LogP contribution < -0.4 is 42.1 Å². The average Bonchev–Trinajstić information content (AvgIpc) is 1.56. The minimum Gasteiger partial charge on any atom is -0.391 e. The number of aliphatic hydroxyl groups excluding tert-OH is 1. The first-order chi connectivity index (χ1) is 59.0. The molecule has 8 amide bonds. The van der Waals surface area contributed by atoms with Crippen molar-refractivity contribution in [2.75, 3.05) is 143 Å². The van der Waals surface area contributed by atoms with Crippen LogP contribution >= 0.6 is 11.8 Å². The van der Waals surface area contributed by atoms with Crippen LogP contribution in [0.2, 0.25) is 0 Å². The number of ether oxygens (including phenoxy) is 9. The Bertz CT molecular complexity index is 4580. The largest absolute Gasteiger partial charge is 0.391 e. The average molecular weight is 1720 g/mol. The van der Waals surface area contributed by atoms with Crippen molar-refractivity contribution < 1.29 is 101 Å². The minimum absolute atomic E-state index is 0.00350. The van der Waals surface area contributed by atoms with E-state index < -0.39 is 108 Å². The molecule has 2 unspecified atom stereocenters. The van der Waals surface area contributed by atoms with Crippen molar-refractivity contribution in [2.24, 2.45) is 16.8 Å². The smallest absolute Gasteiger partial charge is 0.251 e. The van der Waals surface area contributed by atoms with Crippen molar-refractivity contribution in [3.8, 4) is 0 Å². The van der Waals surface area contributed by atoms with Gasteiger partial charge in [-0.1, -0.05) is 62.7 Å². The number of anilines is 1. The summed E-state index contributed by atoms with van der Waals surface area (Å²) in [6.07, 6.45) is 5.92. The van der Waals surface area contributed by atoms with Gasteiger partial charge in [-0.25, -0.2) is 4.99 Å². The number of aliphatic imine (C=N–C) groups is 1. The van der Waals surface area contributed by atoms with Crippen LogP contribution in [0.4, 0.5) is 17.1 Å². The van der Waals surface area contributed by atoms with Crippen LogP contribution in [-0.2, 0) is 91.8 Å². The van der Waals surface area contributed by atoms with Gasteiger partial charge in [0.05, 0.1) is 146 Å². The number of fused-ring (bicyclic) bond motifs is 14. The van der Waals surface area contributed by atoms with Crippen LogP contribution in [0, 0.1) is 18.8 Å². The van der Waals surface area contributed by atoms with Gasteiger partial charge in [-0.15, -0.1) is 11.8 Å². The molecule has 2 bridgehead atoms. The summed E-state index contributed by atoms with van der Waals surface area (Å²) in [4.78, 5) is 136. The predicted molar refractivity (Wildman–Crippen MR) is 460 cm³/mol. The van der Waals surface area contributed by atoms with Crippen LogP contribution in [0.25, 0.3) is 0 Å². The van der Waals surface area contributed by atoms with E-state index in [1.807, 2.05) is 19.1 Å². The number of benzene rings is 3. The van der Waals surface area contributed by atoms with Gasteiger partial charge in [0.25, 0.3) is 5.91 Å². The van der Waals surface area contributed by atoms with Crippen LogP contribution in [0.5, 0.6) is 0 Å². The number of aryl methyl sites for hydroxylation is 1. The molecule has 31 nitrogen and oxygen atoms in total. The zero-order valence-electron chi connectivity index (χ0n) is 72.6. The van der Waals surface area contributed by atoms with Crippen LogP contribution in [0.1, 0.15) is 159 Å². The van der Waals surface area contributed by atoms with Gasteiger partial charge in [-0.3, -0.25) is 43.2 Å². The van der Waals surface area contributed by atoms with Crippen molar-refractivity contribution in [1.82, 2.24) is 42.1 Å². The molecule has 3 saturated heterocycles. The summed E-state index contributed by atoms with van der Waals surface area (Å²) in [5.74, 6) is -6.56. The van der Waals surface area contributed by atoms with E-state index in [0.717, 1.165) is 55.4 Å². The third kappa shape index (κ3) is 22.1. The maximum absolute atomic E-state index is 14.9. The monoisotopic (exact) mass is 1720 g/mol. The highest BCUT2D eigenvalue weighted by Crippen LogP contribution is 2.56. The van der Waals surface area contributed by atoms with Gasteiger partial charge < -0.3 is 99.9 Å². The molecule has 123 heavy (non-hydrogen) atoms. The predicted octanol–water partition coefficient (Wildman–Crippen LogP) is 5.16. The fourth-order valence-corrected chi connectivity index (χ4v) is 19.7. The number of aliphatic hydroxyl groups is 2. The minimum atomic E-state index is -1.80. The number of rotatable bonds is 34. The van der Waals surface area contributed by atoms with E-state index in [4.69, 9.17) is 47.6 Å². The molecule has 668 valence electrons. The second-order valence-corrected chi connectivity index (χ2v) is 36.3. The molecule has 0 saturated carbocycles. The number of carbonyl (C=O) groups excluding carboxylic acids is 9. The lowest BCUT2D eigenvalue weighted by Crippen LogP contribution is -2.61. The Morgan fingerprint density at radius 1 is 0.667 bits per heavy atom. The summed E-state index contributed by atoms with van der Waals surface area (Å²) in [6, 6.07) is 10.5. The van der Waals surface area contributed by atoms with Gasteiger partial charge in [0.15, 0.2) is 12.3 Å². The van der Waals surface area contributed by atoms with Crippen LogP contribution in [-0.4, -0.2) is 287 Å². The van der Waals surface area contributed by atoms with E-state index in [9.17, 15) is 53.4 Å². The normalized spacial score (nSPS) is 26.8. The number of nitrogens with one attached hydrogen (secondary N) is 7. The zero-order valence-corrected chi connectivity index (χ0v) is 73.4. The molecule has 32 heteroatoms. The molecule has 9 aliphatic heterocycles. The van der Waals surface area contributed by atoms with Crippen LogP contribution in [0.15, 0.2) is 100 Å². The molecular formula is C91H124N11O20S+. The van der Waals surface area contributed by atoms with E-state index >= 15 is 0 Å². The van der Waals surface area contributed by atoms with Gasteiger partial charge in [-0.05, 0) is 145 Å². The lowest BCUT2D eigenvalue weighted by atomic mass is 9.71. The summed E-state index contributed by atoms with van der Waals surface area (Å²) in [5, 5.41) is 42.3. The summed E-state index contributed by atoms with van der Waals surface area (Å²) in [5.41, 5.74) is 12.8. The second kappa shape index (κ2) is 41.2. The Hall–Kier alpha value is -8.64. The molecule has 9 heterocycles. The number of nitrogens with zero attached hydrogens (tertiary/aromatic N) is 4. The number of Topliss-reactive ketones (excluding diaryl/α,β-unsaturated/α-hetero) is 1. The standard InChI is InChI=1S/C91H123N11O20S/c1-53-15-17-72-66(43-53)89(6,7)78-63-45-60-46-65-75(122-76(60)48-58(63)20-25-100(72)78)21-26-101-73-18-16-59(47-67(73)90(8,9)79(65)101)82(107)92-24-28-115-30-32-117-34-36-119-38-40-121-42-41-120-39-37-118-35-33-116-31-29-114-27-22-61(104)19-23-91(10,113)50-70-84(109)93-56(4)81(106)99-77(57(5)103)86(111)97-71-52-123-87-64(62-13-11-12-14-68(62)98-87)49-69(83(108)96-70)95-80(105)55(3)94-85(110)74-44-54(2)51-102(74)88(71)112/h11-18,43,45-47,54-58,64,69-71,74-77,103,113H,19-42,44,48-52H2,1-10H3,(H6-,92,93,94,95,96,97,99,105,106,107,108,109,110,111)/p+1/t54-,55+,56+,57+,58-,64?,69+,70+,71-,74?,75-,76+,77-,91+/m1/s1. The number of hydrogen-bond donors (Lipinski definition) is 9. The second-order valence-electron chi connectivity index (χ2n) is 35.3. The third-order valence-corrected chi connectivity index (χ3v) is 26.2. The van der Waals surface area contributed by atoms with E-state index in [1.54, 1.807) is 18.2 Å². The molecule has 1 aliphatic carbocycles. The highest BCUT2D eigenvalue weighted by molar-refractivity contribution is 8.14. The van der Waals surface area contributed by atoms with Gasteiger partial charge in [0, 0.05) is 96.6 Å². The number of ketones is 1. The van der Waals surface area contributed by atoms with Crippen molar-refractivity contribution in [2.45, 2.75) is 210 Å². The Morgan fingerprint density at radius 2 is 1.29 bits per heavy atom. The molecule has 9 N–H and O–H groups in total. The first-order valence-electron chi connectivity index (χ1n) is 43.7. The van der Waals surface area contributed by atoms with Crippen molar-refractivity contribution in [3.05, 3.63) is 123 Å². The first kappa shape index (κ1) is 92.0. The maximum Gasteiger partial charge on any atom is 0.251 e. The number of allylic oxidation sites excluding steroid dienone is 3. The Balaban J connectivity index is 0.459. The van der Waals surface area contributed by atoms with Gasteiger partial charge >= 0.3 is 0 Å². The van der Waals surface area contributed by atoms with E-state index in [-0.39, 0.29) is 105 Å². The van der Waals surface area contributed by atoms with Crippen molar-refractivity contribution in [3.63, 3.8) is 0 Å². The molecule has 0 radical (unpaired) electrons. The van der Waals surface area contributed by atoms with Crippen molar-refractivity contribution >= 4 is 92.6 Å². The van der Waals surface area contributed by atoms with Crippen molar-refractivity contribution in [1.29, 1.82) is 0 Å². The Kier molecular flexibility index (Phi) is 30.8. The molecule has 0 spiro atoms. The maximum atomic E-state index is 14.9. The molecule has 3 aromatic rings. The Labute approximate surface area is 724 Å². The Morgan fingerprint density at radius 3 is 1.96 bits per heavy atom. The van der Waals surface area contributed by atoms with E-state index in [0.29, 0.717) is 120 Å². The number of carbonyl (C=O) groups is 9. The number of para-hydroxylation sites is 1. The number of thioether (sulfide) groups is 1. The number of hydrogen-bond acceptors (Lipinski definition) is 23.